The predicted octanol–water partition coefficient (Wildman–Crippen LogP) is 2.51. The Bertz CT molecular complexity index is 707. The highest BCUT2D eigenvalue weighted by Gasteiger charge is 2.36. The summed E-state index contributed by atoms with van der Waals surface area (Å²) in [6.07, 6.45) is 5.55. The maximum absolute atomic E-state index is 12.2. The van der Waals surface area contributed by atoms with Gasteiger partial charge >= 0.3 is 6.09 Å². The van der Waals surface area contributed by atoms with E-state index in [1.165, 1.54) is 0 Å². The summed E-state index contributed by atoms with van der Waals surface area (Å²) in [6.45, 7) is 8.11. The Labute approximate surface area is 135 Å². The molecule has 2 atom stereocenters. The number of rotatable bonds is 2. The molecule has 0 spiro atoms. The number of fused-ring (bicyclic) bond motifs is 1. The van der Waals surface area contributed by atoms with Gasteiger partial charge in [-0.25, -0.2) is 14.3 Å². The average molecular weight is 318 g/mol. The normalized spacial score (nSPS) is 21.7. The van der Waals surface area contributed by atoms with E-state index in [0.717, 1.165) is 12.1 Å². The second-order valence-electron chi connectivity index (χ2n) is 6.88. The van der Waals surface area contributed by atoms with E-state index in [2.05, 4.69) is 10.1 Å². The third-order valence-electron chi connectivity index (χ3n) is 3.69. The molecule has 3 rings (SSSR count). The molecule has 1 amide bonds. The molecule has 0 unspecified atom stereocenters. The van der Waals surface area contributed by atoms with E-state index in [-0.39, 0.29) is 18.2 Å². The average Bonchev–Trinajstić information content (AvgIpc) is 3.03. The minimum absolute atomic E-state index is 0.0765. The zero-order valence-electron chi connectivity index (χ0n) is 13.9. The van der Waals surface area contributed by atoms with Crippen LogP contribution in [0.2, 0.25) is 0 Å². The van der Waals surface area contributed by atoms with E-state index < -0.39 is 5.60 Å². The third-order valence-corrected chi connectivity index (χ3v) is 3.69. The van der Waals surface area contributed by atoms with Crippen LogP contribution in [-0.2, 0) is 4.74 Å². The summed E-state index contributed by atoms with van der Waals surface area (Å²) < 4.78 is 13.1. The zero-order valence-corrected chi connectivity index (χ0v) is 13.9. The van der Waals surface area contributed by atoms with Gasteiger partial charge in [-0.2, -0.15) is 5.10 Å². The second kappa shape index (κ2) is 5.72. The first-order valence-corrected chi connectivity index (χ1v) is 7.77. The molecule has 2 aromatic heterocycles. The summed E-state index contributed by atoms with van der Waals surface area (Å²) in [5, 5.41) is 4.14. The van der Waals surface area contributed by atoms with Crippen molar-refractivity contribution in [3.8, 4) is 5.75 Å². The van der Waals surface area contributed by atoms with Gasteiger partial charge in [0, 0.05) is 18.5 Å². The predicted molar refractivity (Wildman–Crippen MR) is 84.4 cm³/mol. The van der Waals surface area contributed by atoms with Gasteiger partial charge in [-0.3, -0.25) is 0 Å². The van der Waals surface area contributed by atoms with Gasteiger partial charge in [0.15, 0.2) is 11.4 Å². The first-order chi connectivity index (χ1) is 10.8. The van der Waals surface area contributed by atoms with Crippen LogP contribution in [0.1, 0.15) is 34.1 Å². The lowest BCUT2D eigenvalue weighted by Gasteiger charge is -2.26. The molecule has 0 aliphatic carbocycles. The van der Waals surface area contributed by atoms with Crippen molar-refractivity contribution in [3.05, 3.63) is 24.7 Å². The van der Waals surface area contributed by atoms with E-state index in [1.807, 2.05) is 33.8 Å². The number of aromatic nitrogens is 3. The van der Waals surface area contributed by atoms with Crippen molar-refractivity contribution >= 4 is 11.7 Å². The molecule has 0 radical (unpaired) electrons. The van der Waals surface area contributed by atoms with Gasteiger partial charge in [0.25, 0.3) is 0 Å². The monoisotopic (exact) mass is 318 g/mol. The lowest BCUT2D eigenvalue weighted by molar-refractivity contribution is 0.0224. The molecule has 1 aliphatic rings. The molecule has 0 saturated carbocycles. The topological polar surface area (TPSA) is 69.0 Å². The van der Waals surface area contributed by atoms with Crippen molar-refractivity contribution < 1.29 is 14.3 Å². The van der Waals surface area contributed by atoms with E-state index in [4.69, 9.17) is 9.47 Å². The van der Waals surface area contributed by atoms with E-state index in [0.29, 0.717) is 12.3 Å². The summed E-state index contributed by atoms with van der Waals surface area (Å²) in [6, 6.07) is 1.90. The van der Waals surface area contributed by atoms with E-state index in [9.17, 15) is 4.79 Å². The quantitative estimate of drug-likeness (QED) is 0.851. The molecule has 3 heterocycles. The number of carbonyl (C=O) groups is 1. The van der Waals surface area contributed by atoms with Crippen LogP contribution < -0.4 is 4.74 Å². The highest BCUT2D eigenvalue weighted by atomic mass is 16.6. The molecule has 1 fully saturated rings. The van der Waals surface area contributed by atoms with Crippen molar-refractivity contribution in [1.82, 2.24) is 19.5 Å². The smallest absolute Gasteiger partial charge is 0.410 e. The zero-order chi connectivity index (χ0) is 16.6. The summed E-state index contributed by atoms with van der Waals surface area (Å²) in [7, 11) is 0. The van der Waals surface area contributed by atoms with Gasteiger partial charge in [-0.15, -0.1) is 0 Å². The summed E-state index contributed by atoms with van der Waals surface area (Å²) in [5.74, 6) is 0.643. The number of likely N-dealkylation sites (tertiary alicyclic amines) is 1. The highest BCUT2D eigenvalue weighted by Crippen LogP contribution is 2.24. The Kier molecular flexibility index (Phi) is 3.87. The van der Waals surface area contributed by atoms with Gasteiger partial charge in [-0.05, 0) is 27.7 Å². The fourth-order valence-corrected chi connectivity index (χ4v) is 2.69. The van der Waals surface area contributed by atoms with Crippen LogP contribution in [0.4, 0.5) is 4.79 Å². The van der Waals surface area contributed by atoms with Crippen LogP contribution in [0.15, 0.2) is 24.7 Å². The number of hydrogen-bond donors (Lipinski definition) is 0. The summed E-state index contributed by atoms with van der Waals surface area (Å²) >= 11 is 0. The number of carbonyl (C=O) groups excluding carboxylic acids is 1. The van der Waals surface area contributed by atoms with Gasteiger partial charge in [0.2, 0.25) is 0 Å². The molecule has 0 bridgehead atoms. The van der Waals surface area contributed by atoms with Crippen LogP contribution in [0.3, 0.4) is 0 Å². The Balaban J connectivity index is 1.65. The first-order valence-electron chi connectivity index (χ1n) is 7.77. The van der Waals surface area contributed by atoms with Crippen molar-refractivity contribution in [2.24, 2.45) is 0 Å². The van der Waals surface area contributed by atoms with Crippen LogP contribution >= 0.6 is 0 Å². The number of ether oxygens (including phenoxy) is 2. The Hall–Kier alpha value is -2.31. The molecule has 124 valence electrons. The lowest BCUT2D eigenvalue weighted by atomic mass is 10.2. The highest BCUT2D eigenvalue weighted by molar-refractivity contribution is 5.69. The molecule has 0 aromatic carbocycles. The van der Waals surface area contributed by atoms with E-state index in [1.54, 1.807) is 28.0 Å². The van der Waals surface area contributed by atoms with Gasteiger partial charge < -0.3 is 14.4 Å². The molecular weight excluding hydrogens is 296 g/mol. The Morgan fingerprint density at radius 2 is 2.17 bits per heavy atom. The number of amides is 1. The van der Waals surface area contributed by atoms with Crippen LogP contribution in [-0.4, -0.2) is 49.9 Å². The molecule has 0 N–H and O–H groups in total. The largest absolute Gasteiger partial charge is 0.485 e. The van der Waals surface area contributed by atoms with Crippen LogP contribution in [0.25, 0.3) is 5.65 Å². The fourth-order valence-electron chi connectivity index (χ4n) is 2.69. The molecular formula is C16H22N4O3. The van der Waals surface area contributed by atoms with Crippen molar-refractivity contribution in [2.45, 2.75) is 51.9 Å². The van der Waals surface area contributed by atoms with Gasteiger partial charge in [-0.1, -0.05) is 0 Å². The minimum atomic E-state index is -0.495. The van der Waals surface area contributed by atoms with Crippen molar-refractivity contribution in [2.75, 3.05) is 6.54 Å². The second-order valence-corrected chi connectivity index (χ2v) is 6.88. The number of hydrogen-bond acceptors (Lipinski definition) is 5. The van der Waals surface area contributed by atoms with Crippen molar-refractivity contribution in [1.29, 1.82) is 0 Å². The molecule has 23 heavy (non-hydrogen) atoms. The first kappa shape index (κ1) is 15.6. The Morgan fingerprint density at radius 1 is 1.39 bits per heavy atom. The molecule has 7 nitrogen and oxygen atoms in total. The summed E-state index contributed by atoms with van der Waals surface area (Å²) in [5.41, 5.74) is 0.276. The minimum Gasteiger partial charge on any atom is -0.485 e. The van der Waals surface area contributed by atoms with Crippen LogP contribution in [0.5, 0.6) is 5.75 Å². The fraction of sp³-hybridized carbons (Fsp3) is 0.562. The lowest BCUT2D eigenvalue weighted by Crippen LogP contribution is -2.39. The van der Waals surface area contributed by atoms with E-state index >= 15 is 0 Å². The SMILES string of the molecule is C[C@H]1C[C@@H](Oc2cnc3ccnn3c2)CN1C(=O)OC(C)(C)C. The number of nitrogens with zero attached hydrogens (tertiary/aromatic N) is 4. The molecule has 7 heteroatoms. The molecule has 2 aromatic rings. The van der Waals surface area contributed by atoms with Crippen LogP contribution in [0, 0.1) is 0 Å². The maximum Gasteiger partial charge on any atom is 0.410 e. The summed E-state index contributed by atoms with van der Waals surface area (Å²) in [4.78, 5) is 18.2. The Morgan fingerprint density at radius 3 is 2.91 bits per heavy atom. The maximum atomic E-state index is 12.2. The third kappa shape index (κ3) is 3.55. The van der Waals surface area contributed by atoms with Gasteiger partial charge in [0.05, 0.1) is 25.1 Å². The standard InChI is InChI=1S/C16H22N4O3/c1-11-7-12(9-19(11)15(21)23-16(2,3)4)22-13-8-17-14-5-6-18-20(14)10-13/h5-6,8,10-12H,7,9H2,1-4H3/t11-,12+/m0/s1. The molecule has 1 aliphatic heterocycles. The van der Waals surface area contributed by atoms with Gasteiger partial charge in [0.1, 0.15) is 11.7 Å². The molecule has 1 saturated heterocycles. The van der Waals surface area contributed by atoms with Crippen molar-refractivity contribution in [3.63, 3.8) is 0 Å².